The number of nitrogens with zero attached hydrogens (tertiary/aromatic N) is 3. The number of hydrogen-bond acceptors (Lipinski definition) is 6. The lowest BCUT2D eigenvalue weighted by atomic mass is 10.2. The van der Waals surface area contributed by atoms with Gasteiger partial charge in [-0.15, -0.1) is 0 Å². The number of fused-ring (bicyclic) bond motifs is 1. The van der Waals surface area contributed by atoms with Gasteiger partial charge in [0.2, 0.25) is 0 Å². The second-order valence-electron chi connectivity index (χ2n) is 6.68. The summed E-state index contributed by atoms with van der Waals surface area (Å²) in [5, 5.41) is 1.74. The monoisotopic (exact) mass is 425 g/mol. The van der Waals surface area contributed by atoms with Crippen LogP contribution in [0.5, 0.6) is 5.75 Å². The Balaban J connectivity index is 1.57. The van der Waals surface area contributed by atoms with Gasteiger partial charge < -0.3 is 9.64 Å². The van der Waals surface area contributed by atoms with E-state index in [9.17, 15) is 4.79 Å². The minimum absolute atomic E-state index is 0.0325. The van der Waals surface area contributed by atoms with E-state index in [2.05, 4.69) is 17.0 Å². The molecule has 4 rings (SSSR count). The lowest BCUT2D eigenvalue weighted by molar-refractivity contribution is -0.122. The third kappa shape index (κ3) is 3.89. The summed E-state index contributed by atoms with van der Waals surface area (Å²) in [6.07, 6.45) is 0.864. The van der Waals surface area contributed by atoms with Gasteiger partial charge in [-0.25, -0.2) is 0 Å². The molecular weight excluding hydrogens is 402 g/mol. The van der Waals surface area contributed by atoms with Gasteiger partial charge in [0.15, 0.2) is 5.17 Å². The first-order valence-corrected chi connectivity index (χ1v) is 11.2. The molecule has 2 aliphatic heterocycles. The number of carbonyl (C=O) groups excluding carboxylic acids is 1. The minimum atomic E-state index is 0.0325. The first-order valence-electron chi connectivity index (χ1n) is 9.54. The molecule has 0 aromatic heterocycles. The van der Waals surface area contributed by atoms with Crippen molar-refractivity contribution in [2.75, 3.05) is 32.1 Å². The highest BCUT2D eigenvalue weighted by Crippen LogP contribution is 2.50. The number of amides is 1. The van der Waals surface area contributed by atoms with Gasteiger partial charge in [0.05, 0.1) is 17.8 Å². The number of methoxy groups -OCH3 is 1. The van der Waals surface area contributed by atoms with Crippen molar-refractivity contribution in [3.05, 3.63) is 64.0 Å². The summed E-state index contributed by atoms with van der Waals surface area (Å²) < 4.78 is 5.35. The van der Waals surface area contributed by atoms with Crippen molar-refractivity contribution < 1.29 is 9.53 Å². The van der Waals surface area contributed by atoms with Crippen LogP contribution >= 0.6 is 23.5 Å². The van der Waals surface area contributed by atoms with E-state index in [1.54, 1.807) is 23.8 Å². The van der Waals surface area contributed by atoms with Gasteiger partial charge in [-0.3, -0.25) is 14.7 Å². The van der Waals surface area contributed by atoms with Crippen LogP contribution in [0.15, 0.2) is 68.4 Å². The van der Waals surface area contributed by atoms with Crippen LogP contribution in [-0.2, 0) is 11.2 Å². The fraction of sp³-hybridized carbons (Fsp3) is 0.273. The summed E-state index contributed by atoms with van der Waals surface area (Å²) in [4.78, 5) is 23.6. The second kappa shape index (κ2) is 8.55. The van der Waals surface area contributed by atoms with Crippen LogP contribution in [0.3, 0.4) is 0 Å². The smallest absolute Gasteiger partial charge is 0.269 e. The zero-order valence-electron chi connectivity index (χ0n) is 16.7. The van der Waals surface area contributed by atoms with Gasteiger partial charge in [0.1, 0.15) is 10.7 Å². The Morgan fingerprint density at radius 2 is 1.90 bits per heavy atom. The molecule has 0 unspecified atom stereocenters. The summed E-state index contributed by atoms with van der Waals surface area (Å²) >= 11 is 3.11. The maximum Gasteiger partial charge on any atom is 0.269 e. The summed E-state index contributed by atoms with van der Waals surface area (Å²) in [6, 6.07) is 16.3. The van der Waals surface area contributed by atoms with Crippen molar-refractivity contribution in [3.63, 3.8) is 0 Å². The lowest BCUT2D eigenvalue weighted by Crippen LogP contribution is -2.29. The van der Waals surface area contributed by atoms with Gasteiger partial charge in [-0.2, -0.15) is 0 Å². The molecule has 150 valence electrons. The predicted octanol–water partition coefficient (Wildman–Crippen LogP) is 4.60. The third-order valence-electron chi connectivity index (χ3n) is 4.90. The van der Waals surface area contributed by atoms with Crippen LogP contribution in [0.4, 0.5) is 5.69 Å². The predicted molar refractivity (Wildman–Crippen MR) is 122 cm³/mol. The molecule has 0 bridgehead atoms. The first kappa shape index (κ1) is 19.9. The fourth-order valence-electron chi connectivity index (χ4n) is 3.31. The molecule has 1 saturated heterocycles. The molecule has 5 nitrogen and oxygen atoms in total. The number of amidine groups is 1. The Morgan fingerprint density at radius 1 is 1.10 bits per heavy atom. The van der Waals surface area contributed by atoms with E-state index in [4.69, 9.17) is 9.73 Å². The summed E-state index contributed by atoms with van der Waals surface area (Å²) in [5.74, 6) is 0.844. The average molecular weight is 426 g/mol. The minimum Gasteiger partial charge on any atom is -0.497 e. The Kier molecular flexibility index (Phi) is 5.87. The number of anilines is 1. The van der Waals surface area contributed by atoms with Crippen molar-refractivity contribution in [3.8, 4) is 5.75 Å². The van der Waals surface area contributed by atoms with E-state index in [1.165, 1.54) is 17.3 Å². The van der Waals surface area contributed by atoms with Crippen LogP contribution in [0, 0.1) is 0 Å². The number of aliphatic imine (C=N–C) groups is 1. The Morgan fingerprint density at radius 3 is 2.62 bits per heavy atom. The highest BCUT2D eigenvalue weighted by molar-refractivity contribution is 8.19. The molecule has 2 aromatic rings. The van der Waals surface area contributed by atoms with Crippen molar-refractivity contribution in [2.45, 2.75) is 18.2 Å². The van der Waals surface area contributed by atoms with Gasteiger partial charge in [0, 0.05) is 31.1 Å². The van der Waals surface area contributed by atoms with Gasteiger partial charge in [-0.05, 0) is 42.8 Å². The molecule has 0 N–H and O–H groups in total. The molecule has 2 aliphatic rings. The van der Waals surface area contributed by atoms with Crippen molar-refractivity contribution in [1.82, 2.24) is 4.90 Å². The standard InChI is InChI=1S/C22H23N3O2S2/c1-4-25-20(26)19(29-22(25)23-13-12-15-8-6-5-7-9-15)21-24(2)17-14-16(27-3)10-11-18(17)28-21/h5-11,14H,4,12-13H2,1-3H3/b21-19-,23-22?. The molecule has 1 amide bonds. The molecular formula is C22H23N3O2S2. The maximum atomic E-state index is 13.1. The summed E-state index contributed by atoms with van der Waals surface area (Å²) in [7, 11) is 3.66. The molecule has 2 heterocycles. The molecule has 0 spiro atoms. The quantitative estimate of drug-likeness (QED) is 0.655. The summed E-state index contributed by atoms with van der Waals surface area (Å²) in [6.45, 7) is 3.27. The zero-order valence-corrected chi connectivity index (χ0v) is 18.3. The Hall–Kier alpha value is -2.38. The van der Waals surface area contributed by atoms with Crippen LogP contribution in [-0.4, -0.2) is 43.2 Å². The molecule has 2 aromatic carbocycles. The maximum absolute atomic E-state index is 13.1. The fourth-order valence-corrected chi connectivity index (χ4v) is 5.70. The van der Waals surface area contributed by atoms with Gasteiger partial charge in [-0.1, -0.05) is 42.1 Å². The highest BCUT2D eigenvalue weighted by atomic mass is 32.2. The summed E-state index contributed by atoms with van der Waals surface area (Å²) in [5.41, 5.74) is 2.31. The molecule has 0 saturated carbocycles. The number of benzene rings is 2. The topological polar surface area (TPSA) is 45.1 Å². The van der Waals surface area contributed by atoms with Crippen molar-refractivity contribution in [2.24, 2.45) is 4.99 Å². The van der Waals surface area contributed by atoms with E-state index in [0.29, 0.717) is 13.1 Å². The third-order valence-corrected chi connectivity index (χ3v) is 7.37. The lowest BCUT2D eigenvalue weighted by Gasteiger charge is -2.15. The normalized spacial score (nSPS) is 20.0. The van der Waals surface area contributed by atoms with E-state index in [-0.39, 0.29) is 5.91 Å². The second-order valence-corrected chi connectivity index (χ2v) is 8.69. The zero-order chi connectivity index (χ0) is 20.4. The van der Waals surface area contributed by atoms with Gasteiger partial charge in [0.25, 0.3) is 5.91 Å². The number of rotatable bonds is 5. The van der Waals surface area contributed by atoms with Crippen molar-refractivity contribution >= 4 is 40.3 Å². The number of thioether (sulfide) groups is 2. The largest absolute Gasteiger partial charge is 0.497 e. The van der Waals surface area contributed by atoms with E-state index < -0.39 is 0 Å². The number of ether oxygens (including phenoxy) is 1. The molecule has 7 heteroatoms. The molecule has 1 fully saturated rings. The van der Waals surface area contributed by atoms with E-state index >= 15 is 0 Å². The van der Waals surface area contributed by atoms with Crippen LogP contribution in [0.2, 0.25) is 0 Å². The molecule has 0 radical (unpaired) electrons. The number of hydrogen-bond donors (Lipinski definition) is 0. The van der Waals surface area contributed by atoms with Crippen LogP contribution in [0.25, 0.3) is 0 Å². The van der Waals surface area contributed by atoms with Gasteiger partial charge >= 0.3 is 0 Å². The highest BCUT2D eigenvalue weighted by Gasteiger charge is 2.38. The Bertz CT molecular complexity index is 989. The van der Waals surface area contributed by atoms with E-state index in [1.807, 2.05) is 50.4 Å². The molecule has 29 heavy (non-hydrogen) atoms. The SMILES string of the molecule is CCN1C(=O)/C(=C2/Sc3ccc(OC)cc3N2C)SC1=NCCc1ccccc1. The Labute approximate surface area is 179 Å². The molecule has 0 aliphatic carbocycles. The average Bonchev–Trinajstić information content (AvgIpc) is 3.24. The van der Waals surface area contributed by atoms with E-state index in [0.717, 1.165) is 37.9 Å². The van der Waals surface area contributed by atoms with Crippen LogP contribution < -0.4 is 9.64 Å². The number of likely N-dealkylation sites (N-methyl/N-ethyl adjacent to an activating group) is 1. The first-order chi connectivity index (χ1) is 14.1. The van der Waals surface area contributed by atoms with Crippen molar-refractivity contribution in [1.29, 1.82) is 0 Å². The molecule has 0 atom stereocenters. The van der Waals surface area contributed by atoms with Crippen LogP contribution in [0.1, 0.15) is 12.5 Å². The number of carbonyl (C=O) groups is 1.